The molecule has 0 aliphatic rings. The SMILES string of the molecule is N#C/C(=C/c1c[nH]c2ccccc12)c1c(C#N)c(N)nn1-c1ccccc1. The predicted octanol–water partition coefficient (Wildman–Crippen LogP) is 3.87. The first-order chi connectivity index (χ1) is 13.2. The van der Waals surface area contributed by atoms with Gasteiger partial charge in [-0.15, -0.1) is 5.10 Å². The molecule has 0 atom stereocenters. The molecule has 4 rings (SSSR count). The van der Waals surface area contributed by atoms with Crippen LogP contribution in [0.2, 0.25) is 0 Å². The highest BCUT2D eigenvalue weighted by Crippen LogP contribution is 2.29. The van der Waals surface area contributed by atoms with Gasteiger partial charge in [0.25, 0.3) is 0 Å². The summed E-state index contributed by atoms with van der Waals surface area (Å²) in [7, 11) is 0. The molecule has 0 radical (unpaired) electrons. The number of anilines is 1. The minimum atomic E-state index is 0.0939. The molecular weight excluding hydrogens is 336 g/mol. The number of para-hydroxylation sites is 2. The van der Waals surface area contributed by atoms with Gasteiger partial charge in [-0.2, -0.15) is 10.5 Å². The summed E-state index contributed by atoms with van der Waals surface area (Å²) in [5.41, 5.74) is 9.37. The van der Waals surface area contributed by atoms with Crippen LogP contribution in [0.5, 0.6) is 0 Å². The van der Waals surface area contributed by atoms with Gasteiger partial charge in [0.05, 0.1) is 11.3 Å². The van der Waals surface area contributed by atoms with Gasteiger partial charge in [0.2, 0.25) is 0 Å². The van der Waals surface area contributed by atoms with Crippen LogP contribution in [0.3, 0.4) is 0 Å². The van der Waals surface area contributed by atoms with Crippen LogP contribution >= 0.6 is 0 Å². The van der Waals surface area contributed by atoms with E-state index in [9.17, 15) is 10.5 Å². The zero-order valence-corrected chi connectivity index (χ0v) is 14.2. The molecular formula is C21H14N6. The molecule has 0 unspecified atom stereocenters. The Morgan fingerprint density at radius 3 is 2.56 bits per heavy atom. The number of rotatable bonds is 3. The summed E-state index contributed by atoms with van der Waals surface area (Å²) in [5, 5.41) is 24.7. The second kappa shape index (κ2) is 6.55. The molecule has 4 aromatic rings. The van der Waals surface area contributed by atoms with Gasteiger partial charge in [0.15, 0.2) is 5.82 Å². The van der Waals surface area contributed by atoms with Crippen molar-refractivity contribution in [3.63, 3.8) is 0 Å². The average Bonchev–Trinajstić information content (AvgIpc) is 3.27. The third-order valence-electron chi connectivity index (χ3n) is 4.32. The molecule has 2 aromatic carbocycles. The lowest BCUT2D eigenvalue weighted by molar-refractivity contribution is 0.873. The number of benzene rings is 2. The number of hydrogen-bond donors (Lipinski definition) is 2. The summed E-state index contributed by atoms with van der Waals surface area (Å²) >= 11 is 0. The number of aromatic amines is 1. The summed E-state index contributed by atoms with van der Waals surface area (Å²) in [6.45, 7) is 0. The minimum Gasteiger partial charge on any atom is -0.381 e. The normalized spacial score (nSPS) is 11.3. The molecule has 2 heterocycles. The van der Waals surface area contributed by atoms with Crippen LogP contribution in [-0.4, -0.2) is 14.8 Å². The van der Waals surface area contributed by atoms with E-state index in [2.05, 4.69) is 22.2 Å². The number of aromatic nitrogens is 3. The van der Waals surface area contributed by atoms with Crippen molar-refractivity contribution in [2.24, 2.45) is 0 Å². The number of nitrogens with zero attached hydrogens (tertiary/aromatic N) is 4. The monoisotopic (exact) mass is 350 g/mol. The Morgan fingerprint density at radius 1 is 1.07 bits per heavy atom. The summed E-state index contributed by atoms with van der Waals surface area (Å²) in [6, 6.07) is 21.4. The number of hydrogen-bond acceptors (Lipinski definition) is 4. The Hall–Kier alpha value is -4.29. The van der Waals surface area contributed by atoms with Crippen LogP contribution in [0.25, 0.3) is 28.2 Å². The molecule has 3 N–H and O–H groups in total. The van der Waals surface area contributed by atoms with Crippen LogP contribution in [-0.2, 0) is 0 Å². The highest BCUT2D eigenvalue weighted by Gasteiger charge is 2.21. The molecule has 6 nitrogen and oxygen atoms in total. The Bertz CT molecular complexity index is 1250. The second-order valence-electron chi connectivity index (χ2n) is 5.93. The molecule has 128 valence electrons. The van der Waals surface area contributed by atoms with Crippen molar-refractivity contribution in [1.29, 1.82) is 10.5 Å². The van der Waals surface area contributed by atoms with Crippen molar-refractivity contribution in [2.45, 2.75) is 0 Å². The van der Waals surface area contributed by atoms with Gasteiger partial charge in [-0.3, -0.25) is 0 Å². The molecule has 0 spiro atoms. The first-order valence-corrected chi connectivity index (χ1v) is 8.25. The van der Waals surface area contributed by atoms with E-state index < -0.39 is 0 Å². The fourth-order valence-electron chi connectivity index (χ4n) is 3.07. The van der Waals surface area contributed by atoms with Crippen LogP contribution < -0.4 is 5.73 Å². The van der Waals surface area contributed by atoms with E-state index in [-0.39, 0.29) is 11.4 Å². The number of nitrogens with one attached hydrogen (secondary N) is 1. The highest BCUT2D eigenvalue weighted by atomic mass is 15.3. The van der Waals surface area contributed by atoms with Crippen molar-refractivity contribution in [3.05, 3.63) is 77.6 Å². The van der Waals surface area contributed by atoms with Gasteiger partial charge >= 0.3 is 0 Å². The lowest BCUT2D eigenvalue weighted by Gasteiger charge is -2.06. The fourth-order valence-corrected chi connectivity index (χ4v) is 3.07. The Labute approximate surface area is 155 Å². The molecule has 6 heteroatoms. The van der Waals surface area contributed by atoms with Crippen LogP contribution in [0.1, 0.15) is 16.8 Å². The summed E-state index contributed by atoms with van der Waals surface area (Å²) < 4.78 is 1.54. The Morgan fingerprint density at radius 2 is 1.81 bits per heavy atom. The second-order valence-corrected chi connectivity index (χ2v) is 5.93. The number of nitrogen functional groups attached to an aromatic ring is 1. The summed E-state index contributed by atoms with van der Waals surface area (Å²) in [4.78, 5) is 3.18. The van der Waals surface area contributed by atoms with Crippen LogP contribution in [0.4, 0.5) is 5.82 Å². The van der Waals surface area contributed by atoms with Crippen molar-refractivity contribution >= 4 is 28.4 Å². The summed E-state index contributed by atoms with van der Waals surface area (Å²) in [5.74, 6) is 0.0939. The maximum absolute atomic E-state index is 9.83. The number of H-pyrrole nitrogens is 1. The van der Waals surface area contributed by atoms with Gasteiger partial charge in [0.1, 0.15) is 23.4 Å². The minimum absolute atomic E-state index is 0.0939. The van der Waals surface area contributed by atoms with Crippen molar-refractivity contribution in [1.82, 2.24) is 14.8 Å². The maximum atomic E-state index is 9.83. The van der Waals surface area contributed by atoms with E-state index in [1.54, 1.807) is 6.08 Å². The van der Waals surface area contributed by atoms with Crippen LogP contribution in [0.15, 0.2) is 60.8 Å². The average molecular weight is 350 g/mol. The molecule has 0 saturated heterocycles. The van der Waals surface area contributed by atoms with E-state index in [1.165, 1.54) is 4.68 Å². The van der Waals surface area contributed by atoms with Crippen molar-refractivity contribution in [2.75, 3.05) is 5.73 Å². The highest BCUT2D eigenvalue weighted by molar-refractivity contribution is 5.98. The molecule has 0 saturated carbocycles. The fraction of sp³-hybridized carbons (Fsp3) is 0. The molecule has 0 aliphatic heterocycles. The molecule has 0 bridgehead atoms. The zero-order chi connectivity index (χ0) is 18.8. The third kappa shape index (κ3) is 2.72. The molecule has 0 aliphatic carbocycles. The first kappa shape index (κ1) is 16.2. The number of allylic oxidation sites excluding steroid dienone is 1. The molecule has 2 aromatic heterocycles. The zero-order valence-electron chi connectivity index (χ0n) is 14.2. The van der Waals surface area contributed by atoms with Crippen molar-refractivity contribution < 1.29 is 0 Å². The standard InChI is InChI=1S/C21H14N6/c22-11-14(10-15-13-25-19-9-5-4-8-17(15)19)20-18(12-23)21(24)26-27(20)16-6-2-1-3-7-16/h1-10,13,25H,(H2,24,26)/b14-10-. The van der Waals surface area contributed by atoms with E-state index >= 15 is 0 Å². The molecule has 0 amide bonds. The largest absolute Gasteiger partial charge is 0.381 e. The van der Waals surface area contributed by atoms with E-state index in [0.29, 0.717) is 11.3 Å². The molecule has 0 fully saturated rings. The van der Waals surface area contributed by atoms with Gasteiger partial charge in [-0.25, -0.2) is 4.68 Å². The van der Waals surface area contributed by atoms with Gasteiger partial charge < -0.3 is 10.7 Å². The maximum Gasteiger partial charge on any atom is 0.164 e. The number of nitriles is 2. The molecule has 27 heavy (non-hydrogen) atoms. The summed E-state index contributed by atoms with van der Waals surface area (Å²) in [6.07, 6.45) is 3.58. The number of fused-ring (bicyclic) bond motifs is 1. The van der Waals surface area contributed by atoms with Crippen LogP contribution in [0, 0.1) is 22.7 Å². The Balaban J connectivity index is 1.96. The topological polar surface area (TPSA) is 107 Å². The lowest BCUT2D eigenvalue weighted by atomic mass is 10.0. The lowest BCUT2D eigenvalue weighted by Crippen LogP contribution is -2.02. The predicted molar refractivity (Wildman–Crippen MR) is 104 cm³/mol. The number of nitrogens with two attached hydrogens (primary N) is 1. The van der Waals surface area contributed by atoms with Crippen molar-refractivity contribution in [3.8, 4) is 17.8 Å². The van der Waals surface area contributed by atoms with E-state index in [1.807, 2.05) is 60.8 Å². The van der Waals surface area contributed by atoms with E-state index in [0.717, 1.165) is 22.2 Å². The first-order valence-electron chi connectivity index (χ1n) is 8.25. The smallest absolute Gasteiger partial charge is 0.164 e. The van der Waals surface area contributed by atoms with Gasteiger partial charge in [-0.1, -0.05) is 36.4 Å². The Kier molecular flexibility index (Phi) is 3.93. The third-order valence-corrected chi connectivity index (χ3v) is 4.32. The quantitative estimate of drug-likeness (QED) is 0.547. The van der Waals surface area contributed by atoms with Gasteiger partial charge in [0, 0.05) is 22.7 Å². The van der Waals surface area contributed by atoms with E-state index in [4.69, 9.17) is 5.73 Å². The van der Waals surface area contributed by atoms with Gasteiger partial charge in [-0.05, 0) is 24.3 Å².